The number of benzene rings is 1. The monoisotopic (exact) mass is 410 g/mol. The highest BCUT2D eigenvalue weighted by atomic mass is 32.2. The van der Waals surface area contributed by atoms with E-state index in [0.29, 0.717) is 43.9 Å². The molecule has 0 aliphatic carbocycles. The van der Waals surface area contributed by atoms with Gasteiger partial charge in [0.1, 0.15) is 0 Å². The molecule has 3 aromatic rings. The second-order valence-electron chi connectivity index (χ2n) is 7.12. The van der Waals surface area contributed by atoms with Crippen LogP contribution in [0.5, 0.6) is 0 Å². The van der Waals surface area contributed by atoms with E-state index in [2.05, 4.69) is 4.98 Å². The van der Waals surface area contributed by atoms with Crippen molar-refractivity contribution in [3.63, 3.8) is 0 Å². The fourth-order valence-corrected chi connectivity index (χ4v) is 4.49. The maximum Gasteiger partial charge on any atom is 0.254 e. The molecule has 0 atom stereocenters. The molecular formula is C21H22N4O3S. The minimum Gasteiger partial charge on any atom is -0.337 e. The van der Waals surface area contributed by atoms with E-state index in [9.17, 15) is 13.2 Å². The van der Waals surface area contributed by atoms with Gasteiger partial charge in [-0.05, 0) is 30.7 Å². The Hall–Kier alpha value is -2.84. The molecule has 1 saturated heterocycles. The molecule has 0 radical (unpaired) electrons. The first-order valence-electron chi connectivity index (χ1n) is 9.48. The molecule has 0 bridgehead atoms. The lowest BCUT2D eigenvalue weighted by Crippen LogP contribution is -2.37. The fourth-order valence-electron chi connectivity index (χ4n) is 3.61. The molecule has 1 aliphatic rings. The Bertz CT molecular complexity index is 1150. The summed E-state index contributed by atoms with van der Waals surface area (Å²) in [6.45, 7) is 1.62. The van der Waals surface area contributed by atoms with E-state index in [1.807, 2.05) is 36.4 Å². The van der Waals surface area contributed by atoms with Crippen molar-refractivity contribution in [1.82, 2.24) is 19.2 Å². The van der Waals surface area contributed by atoms with E-state index in [1.165, 1.54) is 10.6 Å². The van der Waals surface area contributed by atoms with Crippen molar-refractivity contribution in [2.45, 2.75) is 6.42 Å². The van der Waals surface area contributed by atoms with Crippen molar-refractivity contribution in [3.05, 3.63) is 60.4 Å². The predicted molar refractivity (Wildman–Crippen MR) is 112 cm³/mol. The molecule has 2 aromatic heterocycles. The van der Waals surface area contributed by atoms with E-state index in [0.717, 1.165) is 16.5 Å². The Balaban J connectivity index is 1.72. The molecule has 1 fully saturated rings. The Morgan fingerprint density at radius 1 is 1.03 bits per heavy atom. The zero-order valence-corrected chi connectivity index (χ0v) is 17.0. The lowest BCUT2D eigenvalue weighted by Gasteiger charge is -2.22. The van der Waals surface area contributed by atoms with E-state index in [4.69, 9.17) is 4.98 Å². The topological polar surface area (TPSA) is 83.5 Å². The van der Waals surface area contributed by atoms with Gasteiger partial charge in [-0.3, -0.25) is 9.78 Å². The Labute approximate surface area is 170 Å². The molecule has 8 heteroatoms. The van der Waals surface area contributed by atoms with Crippen molar-refractivity contribution in [1.29, 1.82) is 0 Å². The predicted octanol–water partition coefficient (Wildman–Crippen LogP) is 2.40. The van der Waals surface area contributed by atoms with Crippen molar-refractivity contribution in [2.24, 2.45) is 0 Å². The van der Waals surface area contributed by atoms with E-state index in [1.54, 1.807) is 23.4 Å². The molecule has 0 unspecified atom stereocenters. The van der Waals surface area contributed by atoms with Crippen LogP contribution in [0.4, 0.5) is 0 Å². The minimum atomic E-state index is -3.26. The maximum atomic E-state index is 13.4. The minimum absolute atomic E-state index is 0.107. The van der Waals surface area contributed by atoms with Gasteiger partial charge in [0.05, 0.1) is 23.0 Å². The summed E-state index contributed by atoms with van der Waals surface area (Å²) in [6, 6.07) is 13.1. The number of rotatable bonds is 3. The van der Waals surface area contributed by atoms with Crippen molar-refractivity contribution >= 4 is 26.8 Å². The number of sulfonamides is 1. The third kappa shape index (κ3) is 4.13. The molecule has 1 aromatic carbocycles. The van der Waals surface area contributed by atoms with Gasteiger partial charge < -0.3 is 4.90 Å². The molecule has 29 heavy (non-hydrogen) atoms. The van der Waals surface area contributed by atoms with Crippen LogP contribution < -0.4 is 0 Å². The fraction of sp³-hybridized carbons (Fsp3) is 0.286. The smallest absolute Gasteiger partial charge is 0.254 e. The third-order valence-electron chi connectivity index (χ3n) is 5.11. The zero-order chi connectivity index (χ0) is 20.4. The Morgan fingerprint density at radius 3 is 2.62 bits per heavy atom. The summed E-state index contributed by atoms with van der Waals surface area (Å²) in [5.74, 6) is -0.107. The van der Waals surface area contributed by atoms with Gasteiger partial charge in [-0.15, -0.1) is 0 Å². The van der Waals surface area contributed by atoms with Gasteiger partial charge in [-0.25, -0.2) is 17.7 Å². The molecule has 3 heterocycles. The number of para-hydroxylation sites is 1. The number of nitrogens with zero attached hydrogens (tertiary/aromatic N) is 4. The van der Waals surface area contributed by atoms with Gasteiger partial charge >= 0.3 is 0 Å². The third-order valence-corrected chi connectivity index (χ3v) is 6.42. The van der Waals surface area contributed by atoms with Crippen molar-refractivity contribution in [2.75, 3.05) is 32.4 Å². The number of hydrogen-bond donors (Lipinski definition) is 0. The lowest BCUT2D eigenvalue weighted by atomic mass is 10.0. The van der Waals surface area contributed by atoms with Crippen LogP contribution in [0, 0.1) is 0 Å². The first kappa shape index (κ1) is 19.5. The average molecular weight is 410 g/mol. The normalized spacial score (nSPS) is 16.0. The van der Waals surface area contributed by atoms with Crippen LogP contribution in [0.3, 0.4) is 0 Å². The van der Waals surface area contributed by atoms with Gasteiger partial charge in [0, 0.05) is 49.5 Å². The Morgan fingerprint density at radius 2 is 1.86 bits per heavy atom. The number of carbonyl (C=O) groups excluding carboxylic acids is 1. The van der Waals surface area contributed by atoms with Gasteiger partial charge in [-0.2, -0.15) is 0 Å². The van der Waals surface area contributed by atoms with Gasteiger partial charge in [0.15, 0.2) is 0 Å². The highest BCUT2D eigenvalue weighted by Gasteiger charge is 2.26. The standard InChI is InChI=1S/C21H22N4O3S/c1-29(27,28)25-11-5-10-24(12-13-25)21(26)18-14-20(16-6-4-9-22-15-16)23-19-8-3-2-7-17(18)19/h2-4,6-9,14-15H,5,10-13H2,1H3. The van der Waals surface area contributed by atoms with Gasteiger partial charge in [0.2, 0.25) is 10.0 Å². The number of aromatic nitrogens is 2. The summed E-state index contributed by atoms with van der Waals surface area (Å²) < 4.78 is 25.2. The van der Waals surface area contributed by atoms with Crippen molar-refractivity contribution in [3.8, 4) is 11.3 Å². The average Bonchev–Trinajstić information content (AvgIpc) is 2.99. The van der Waals surface area contributed by atoms with Gasteiger partial charge in [0.25, 0.3) is 5.91 Å². The molecule has 7 nitrogen and oxygen atoms in total. The number of hydrogen-bond acceptors (Lipinski definition) is 5. The largest absolute Gasteiger partial charge is 0.337 e. The van der Waals surface area contributed by atoms with E-state index in [-0.39, 0.29) is 5.91 Å². The number of amides is 1. The van der Waals surface area contributed by atoms with E-state index >= 15 is 0 Å². The second kappa shape index (κ2) is 7.88. The summed E-state index contributed by atoms with van der Waals surface area (Å²) in [7, 11) is -3.26. The molecule has 0 saturated carbocycles. The number of pyridine rings is 2. The molecule has 0 spiro atoms. The van der Waals surface area contributed by atoms with Crippen LogP contribution >= 0.6 is 0 Å². The first-order valence-corrected chi connectivity index (χ1v) is 11.3. The molecule has 1 amide bonds. The van der Waals surface area contributed by atoms with Crippen LogP contribution in [0.15, 0.2) is 54.9 Å². The van der Waals surface area contributed by atoms with Crippen LogP contribution in [0.25, 0.3) is 22.2 Å². The summed E-state index contributed by atoms with van der Waals surface area (Å²) in [6.07, 6.45) is 5.24. The molecule has 1 aliphatic heterocycles. The van der Waals surface area contributed by atoms with Crippen LogP contribution in [-0.4, -0.2) is 65.9 Å². The second-order valence-corrected chi connectivity index (χ2v) is 9.10. The SMILES string of the molecule is CS(=O)(=O)N1CCCN(C(=O)c2cc(-c3cccnc3)nc3ccccc23)CC1. The quantitative estimate of drug-likeness (QED) is 0.662. The maximum absolute atomic E-state index is 13.4. The van der Waals surface area contributed by atoms with Crippen LogP contribution in [-0.2, 0) is 10.0 Å². The molecule has 4 rings (SSSR count). The lowest BCUT2D eigenvalue weighted by molar-refractivity contribution is 0.0766. The summed E-state index contributed by atoms with van der Waals surface area (Å²) >= 11 is 0. The summed E-state index contributed by atoms with van der Waals surface area (Å²) in [5, 5.41) is 0.786. The first-order chi connectivity index (χ1) is 13.9. The van der Waals surface area contributed by atoms with E-state index < -0.39 is 10.0 Å². The summed E-state index contributed by atoms with van der Waals surface area (Å²) in [5.41, 5.74) is 2.84. The molecular weight excluding hydrogens is 388 g/mol. The Kier molecular flexibility index (Phi) is 5.29. The van der Waals surface area contributed by atoms with Gasteiger partial charge in [-0.1, -0.05) is 18.2 Å². The molecule has 150 valence electrons. The highest BCUT2D eigenvalue weighted by Crippen LogP contribution is 2.26. The van der Waals surface area contributed by atoms with Crippen molar-refractivity contribution < 1.29 is 13.2 Å². The van der Waals surface area contributed by atoms with Crippen LogP contribution in [0.1, 0.15) is 16.8 Å². The summed E-state index contributed by atoms with van der Waals surface area (Å²) in [4.78, 5) is 24.0. The van der Waals surface area contributed by atoms with Crippen LogP contribution in [0.2, 0.25) is 0 Å². The highest BCUT2D eigenvalue weighted by molar-refractivity contribution is 7.88. The molecule has 0 N–H and O–H groups in total. The number of carbonyl (C=O) groups is 1. The zero-order valence-electron chi connectivity index (χ0n) is 16.2. The number of fused-ring (bicyclic) bond motifs is 1.